The summed E-state index contributed by atoms with van der Waals surface area (Å²) in [6, 6.07) is 16.1. The van der Waals surface area contributed by atoms with E-state index in [0.29, 0.717) is 11.8 Å². The second-order valence-electron chi connectivity index (χ2n) is 6.70. The van der Waals surface area contributed by atoms with Crippen LogP contribution in [0.4, 0.5) is 0 Å². The van der Waals surface area contributed by atoms with Crippen LogP contribution in [0.3, 0.4) is 0 Å². The molecular formula is C21H24O3. The van der Waals surface area contributed by atoms with Gasteiger partial charge in [-0.3, -0.25) is 4.79 Å². The Balaban J connectivity index is 1.63. The summed E-state index contributed by atoms with van der Waals surface area (Å²) in [5.74, 6) is 2.64. The quantitative estimate of drug-likeness (QED) is 0.694. The molecule has 0 saturated heterocycles. The Morgan fingerprint density at radius 2 is 1.92 bits per heavy atom. The summed E-state index contributed by atoms with van der Waals surface area (Å²) < 4.78 is 10.7. The lowest BCUT2D eigenvalue weighted by Crippen LogP contribution is -2.06. The minimum absolute atomic E-state index is 0.0597. The molecule has 2 aromatic rings. The standard InChI is InChI=1S/C21H24O3/c1-14(11-16-13-20(16)21(22)23-3)19-10-9-18(12-15(19)2)24-17-7-5-4-6-8-17/h4-10,12,14,16,20H,11,13H2,1-3H3. The maximum absolute atomic E-state index is 11.5. The normalized spacial score (nSPS) is 20.3. The van der Waals surface area contributed by atoms with Crippen molar-refractivity contribution in [2.75, 3.05) is 7.11 Å². The van der Waals surface area contributed by atoms with Crippen molar-refractivity contribution in [3.63, 3.8) is 0 Å². The fourth-order valence-corrected chi connectivity index (χ4v) is 3.42. The molecule has 24 heavy (non-hydrogen) atoms. The Morgan fingerprint density at radius 3 is 2.58 bits per heavy atom. The Morgan fingerprint density at radius 1 is 1.17 bits per heavy atom. The van der Waals surface area contributed by atoms with Crippen molar-refractivity contribution in [3.05, 3.63) is 59.7 Å². The average Bonchev–Trinajstić information content (AvgIpc) is 3.34. The molecule has 3 rings (SSSR count). The molecule has 1 aliphatic carbocycles. The van der Waals surface area contributed by atoms with Gasteiger partial charge in [0.05, 0.1) is 13.0 Å². The first-order valence-electron chi connectivity index (χ1n) is 8.49. The maximum Gasteiger partial charge on any atom is 0.308 e. The minimum atomic E-state index is -0.0597. The van der Waals surface area contributed by atoms with Crippen molar-refractivity contribution in [2.24, 2.45) is 11.8 Å². The van der Waals surface area contributed by atoms with Crippen LogP contribution in [0, 0.1) is 18.8 Å². The number of carbonyl (C=O) groups is 1. The highest BCUT2D eigenvalue weighted by Crippen LogP contribution is 2.46. The highest BCUT2D eigenvalue weighted by Gasteiger charge is 2.44. The van der Waals surface area contributed by atoms with E-state index in [1.165, 1.54) is 18.2 Å². The topological polar surface area (TPSA) is 35.5 Å². The Hall–Kier alpha value is -2.29. The lowest BCUT2D eigenvalue weighted by molar-refractivity contribution is -0.142. The number of rotatable bonds is 6. The van der Waals surface area contributed by atoms with Gasteiger partial charge in [-0.2, -0.15) is 0 Å². The lowest BCUT2D eigenvalue weighted by Gasteiger charge is -2.16. The number of para-hydroxylation sites is 1. The third kappa shape index (κ3) is 3.78. The first-order valence-corrected chi connectivity index (χ1v) is 8.49. The second kappa shape index (κ2) is 7.08. The van der Waals surface area contributed by atoms with E-state index in [2.05, 4.69) is 26.0 Å². The molecule has 3 nitrogen and oxygen atoms in total. The third-order valence-corrected chi connectivity index (χ3v) is 4.83. The first kappa shape index (κ1) is 16.6. The number of esters is 1. The van der Waals surface area contributed by atoms with Gasteiger partial charge in [0.1, 0.15) is 11.5 Å². The van der Waals surface area contributed by atoms with Crippen LogP contribution in [0.5, 0.6) is 11.5 Å². The van der Waals surface area contributed by atoms with Crippen LogP contribution in [0.25, 0.3) is 0 Å². The zero-order chi connectivity index (χ0) is 17.1. The monoisotopic (exact) mass is 324 g/mol. The van der Waals surface area contributed by atoms with Gasteiger partial charge in [-0.05, 0) is 67.0 Å². The van der Waals surface area contributed by atoms with Gasteiger partial charge >= 0.3 is 5.97 Å². The summed E-state index contributed by atoms with van der Waals surface area (Å²) >= 11 is 0. The van der Waals surface area contributed by atoms with E-state index in [0.717, 1.165) is 24.3 Å². The molecule has 0 N–H and O–H groups in total. The molecule has 3 unspecified atom stereocenters. The van der Waals surface area contributed by atoms with E-state index in [-0.39, 0.29) is 11.9 Å². The van der Waals surface area contributed by atoms with Crippen molar-refractivity contribution < 1.29 is 14.3 Å². The van der Waals surface area contributed by atoms with Crippen LogP contribution in [0.1, 0.15) is 36.8 Å². The van der Waals surface area contributed by atoms with E-state index in [1.54, 1.807) is 0 Å². The molecule has 0 amide bonds. The van der Waals surface area contributed by atoms with Crippen LogP contribution in [-0.4, -0.2) is 13.1 Å². The number of ether oxygens (including phenoxy) is 2. The zero-order valence-electron chi connectivity index (χ0n) is 14.5. The van der Waals surface area contributed by atoms with Gasteiger partial charge in [-0.1, -0.05) is 31.2 Å². The van der Waals surface area contributed by atoms with Crippen LogP contribution < -0.4 is 4.74 Å². The summed E-state index contributed by atoms with van der Waals surface area (Å²) in [5.41, 5.74) is 2.55. The first-order chi connectivity index (χ1) is 11.6. The van der Waals surface area contributed by atoms with Gasteiger partial charge in [0.25, 0.3) is 0 Å². The number of benzene rings is 2. The molecule has 0 bridgehead atoms. The molecule has 3 atom stereocenters. The predicted octanol–water partition coefficient (Wildman–Crippen LogP) is 5.09. The molecule has 1 aliphatic rings. The molecular weight excluding hydrogens is 300 g/mol. The fourth-order valence-electron chi connectivity index (χ4n) is 3.42. The van der Waals surface area contributed by atoms with Crippen molar-refractivity contribution in [2.45, 2.75) is 32.6 Å². The number of hydrogen-bond donors (Lipinski definition) is 0. The lowest BCUT2D eigenvalue weighted by atomic mass is 9.91. The van der Waals surface area contributed by atoms with E-state index in [1.807, 2.05) is 36.4 Å². The van der Waals surface area contributed by atoms with E-state index in [9.17, 15) is 4.79 Å². The van der Waals surface area contributed by atoms with Gasteiger partial charge in [0.2, 0.25) is 0 Å². The van der Waals surface area contributed by atoms with Crippen LogP contribution in [0.2, 0.25) is 0 Å². The number of carbonyl (C=O) groups excluding carboxylic acids is 1. The Kier molecular flexibility index (Phi) is 4.89. The highest BCUT2D eigenvalue weighted by molar-refractivity contribution is 5.75. The van der Waals surface area contributed by atoms with E-state index < -0.39 is 0 Å². The predicted molar refractivity (Wildman–Crippen MR) is 94.3 cm³/mol. The second-order valence-corrected chi connectivity index (χ2v) is 6.70. The number of hydrogen-bond acceptors (Lipinski definition) is 3. The van der Waals surface area contributed by atoms with Crippen molar-refractivity contribution >= 4 is 5.97 Å². The van der Waals surface area contributed by atoms with E-state index in [4.69, 9.17) is 9.47 Å². The third-order valence-electron chi connectivity index (χ3n) is 4.83. The molecule has 3 heteroatoms. The van der Waals surface area contributed by atoms with E-state index >= 15 is 0 Å². The Labute approximate surface area is 143 Å². The highest BCUT2D eigenvalue weighted by atomic mass is 16.5. The van der Waals surface area contributed by atoms with Crippen LogP contribution >= 0.6 is 0 Å². The fraction of sp³-hybridized carbons (Fsp3) is 0.381. The SMILES string of the molecule is COC(=O)C1CC1CC(C)c1ccc(Oc2ccccc2)cc1C. The van der Waals surface area contributed by atoms with Gasteiger partial charge in [0, 0.05) is 0 Å². The summed E-state index contributed by atoms with van der Waals surface area (Å²) in [5, 5.41) is 0. The molecule has 0 aliphatic heterocycles. The van der Waals surface area contributed by atoms with Crippen molar-refractivity contribution in [1.82, 2.24) is 0 Å². The smallest absolute Gasteiger partial charge is 0.308 e. The number of methoxy groups -OCH3 is 1. The molecule has 2 aromatic carbocycles. The van der Waals surface area contributed by atoms with Gasteiger partial charge in [-0.15, -0.1) is 0 Å². The summed E-state index contributed by atoms with van der Waals surface area (Å²) in [6.07, 6.45) is 1.99. The summed E-state index contributed by atoms with van der Waals surface area (Å²) in [7, 11) is 1.47. The zero-order valence-corrected chi connectivity index (χ0v) is 14.5. The van der Waals surface area contributed by atoms with Crippen molar-refractivity contribution in [1.29, 1.82) is 0 Å². The van der Waals surface area contributed by atoms with Gasteiger partial charge < -0.3 is 9.47 Å². The number of aryl methyl sites for hydroxylation is 1. The van der Waals surface area contributed by atoms with Crippen molar-refractivity contribution in [3.8, 4) is 11.5 Å². The average molecular weight is 324 g/mol. The molecule has 1 fully saturated rings. The molecule has 126 valence electrons. The van der Waals surface area contributed by atoms with Gasteiger partial charge in [-0.25, -0.2) is 0 Å². The van der Waals surface area contributed by atoms with Gasteiger partial charge in [0.15, 0.2) is 0 Å². The summed E-state index contributed by atoms with van der Waals surface area (Å²) in [6.45, 7) is 4.35. The van der Waals surface area contributed by atoms with Crippen LogP contribution in [-0.2, 0) is 9.53 Å². The molecule has 0 spiro atoms. The molecule has 1 saturated carbocycles. The summed E-state index contributed by atoms with van der Waals surface area (Å²) in [4.78, 5) is 11.5. The minimum Gasteiger partial charge on any atom is -0.469 e. The maximum atomic E-state index is 11.5. The molecule has 0 radical (unpaired) electrons. The van der Waals surface area contributed by atoms with Crippen LogP contribution in [0.15, 0.2) is 48.5 Å². The molecule has 0 heterocycles. The molecule has 0 aromatic heterocycles. The Bertz CT molecular complexity index is 708. The largest absolute Gasteiger partial charge is 0.469 e.